The maximum absolute atomic E-state index is 11.9. The van der Waals surface area contributed by atoms with E-state index in [1.165, 1.54) is 6.33 Å². The Morgan fingerprint density at radius 3 is 2.86 bits per heavy atom. The predicted octanol–water partition coefficient (Wildman–Crippen LogP) is 2.61. The topological polar surface area (TPSA) is 73.0 Å². The van der Waals surface area contributed by atoms with Gasteiger partial charge in [0.1, 0.15) is 12.7 Å². The molecule has 1 amide bonds. The Morgan fingerprint density at radius 1 is 1.27 bits per heavy atom. The number of nitrogens with zero attached hydrogens (tertiary/aromatic N) is 3. The summed E-state index contributed by atoms with van der Waals surface area (Å²) in [4.78, 5) is 15.8. The zero-order valence-corrected chi connectivity index (χ0v) is 13.2. The quantitative estimate of drug-likeness (QED) is 0.758. The van der Waals surface area contributed by atoms with Crippen molar-refractivity contribution in [1.82, 2.24) is 20.1 Å². The van der Waals surface area contributed by atoms with Gasteiger partial charge in [0, 0.05) is 6.54 Å². The van der Waals surface area contributed by atoms with Gasteiger partial charge < -0.3 is 9.73 Å². The molecule has 0 aliphatic heterocycles. The lowest BCUT2D eigenvalue weighted by atomic mass is 10.1. The highest BCUT2D eigenvalue weighted by Gasteiger charge is 2.09. The number of furan rings is 1. The molecule has 0 aliphatic carbocycles. The average Bonchev–Trinajstić information content (AvgIpc) is 3.17. The number of carbonyl (C=O) groups is 1. The van der Waals surface area contributed by atoms with Gasteiger partial charge in [0.25, 0.3) is 5.91 Å². The fraction of sp³-hybridized carbons (Fsp3) is 0.133. The van der Waals surface area contributed by atoms with Gasteiger partial charge in [-0.05, 0) is 39.2 Å². The summed E-state index contributed by atoms with van der Waals surface area (Å²) >= 11 is 3.17. The normalized spacial score (nSPS) is 10.6. The molecular formula is C15H13BrN4O2. The van der Waals surface area contributed by atoms with Crippen molar-refractivity contribution in [1.29, 1.82) is 0 Å². The molecule has 112 valence electrons. The highest BCUT2D eigenvalue weighted by Crippen LogP contribution is 2.14. The van der Waals surface area contributed by atoms with Crippen LogP contribution in [-0.4, -0.2) is 20.7 Å². The predicted molar refractivity (Wildman–Crippen MR) is 83.1 cm³/mol. The van der Waals surface area contributed by atoms with Crippen LogP contribution in [0.1, 0.15) is 21.7 Å². The summed E-state index contributed by atoms with van der Waals surface area (Å²) in [6.07, 6.45) is 3.18. The van der Waals surface area contributed by atoms with Gasteiger partial charge >= 0.3 is 0 Å². The molecule has 0 spiro atoms. The zero-order chi connectivity index (χ0) is 15.4. The molecule has 22 heavy (non-hydrogen) atoms. The van der Waals surface area contributed by atoms with Crippen LogP contribution in [0.2, 0.25) is 0 Å². The largest absolute Gasteiger partial charge is 0.444 e. The smallest absolute Gasteiger partial charge is 0.287 e. The zero-order valence-electron chi connectivity index (χ0n) is 11.6. The molecular weight excluding hydrogens is 348 g/mol. The van der Waals surface area contributed by atoms with Crippen molar-refractivity contribution in [3.63, 3.8) is 0 Å². The van der Waals surface area contributed by atoms with Crippen molar-refractivity contribution in [2.45, 2.75) is 13.1 Å². The van der Waals surface area contributed by atoms with E-state index in [0.29, 0.717) is 17.8 Å². The molecule has 0 saturated carbocycles. The Bertz CT molecular complexity index is 767. The summed E-state index contributed by atoms with van der Waals surface area (Å²) in [5, 5.41) is 6.90. The van der Waals surface area contributed by atoms with Crippen LogP contribution in [0.25, 0.3) is 0 Å². The molecule has 3 aromatic rings. The first-order valence-electron chi connectivity index (χ1n) is 6.64. The minimum atomic E-state index is -0.243. The molecule has 2 aromatic heterocycles. The third-order valence-corrected chi connectivity index (χ3v) is 3.48. The highest BCUT2D eigenvalue weighted by molar-refractivity contribution is 9.10. The van der Waals surface area contributed by atoms with E-state index >= 15 is 0 Å². The summed E-state index contributed by atoms with van der Waals surface area (Å²) in [5.41, 5.74) is 2.11. The molecule has 7 heteroatoms. The minimum Gasteiger partial charge on any atom is -0.444 e. The third kappa shape index (κ3) is 3.62. The fourth-order valence-electron chi connectivity index (χ4n) is 2.05. The number of halogens is 1. The summed E-state index contributed by atoms with van der Waals surface area (Å²) in [5.74, 6) is 0.0398. The molecule has 1 aromatic carbocycles. The molecule has 0 unspecified atom stereocenters. The molecule has 1 N–H and O–H groups in total. The van der Waals surface area contributed by atoms with Gasteiger partial charge in [0.05, 0.1) is 6.54 Å². The highest BCUT2D eigenvalue weighted by atomic mass is 79.9. The number of benzene rings is 1. The lowest BCUT2D eigenvalue weighted by Crippen LogP contribution is -2.22. The van der Waals surface area contributed by atoms with Crippen LogP contribution < -0.4 is 5.32 Å². The van der Waals surface area contributed by atoms with Gasteiger partial charge in [-0.1, -0.05) is 24.3 Å². The number of hydrogen-bond acceptors (Lipinski definition) is 4. The Kier molecular flexibility index (Phi) is 4.34. The Hall–Kier alpha value is -2.41. The van der Waals surface area contributed by atoms with E-state index in [1.54, 1.807) is 23.1 Å². The summed E-state index contributed by atoms with van der Waals surface area (Å²) in [6, 6.07) is 11.3. The van der Waals surface area contributed by atoms with Crippen molar-refractivity contribution < 1.29 is 9.21 Å². The minimum absolute atomic E-state index is 0.243. The molecule has 2 heterocycles. The average molecular weight is 361 g/mol. The monoisotopic (exact) mass is 360 g/mol. The molecule has 0 radical (unpaired) electrons. The first-order valence-corrected chi connectivity index (χ1v) is 7.44. The van der Waals surface area contributed by atoms with Gasteiger partial charge in [-0.25, -0.2) is 9.67 Å². The van der Waals surface area contributed by atoms with Gasteiger partial charge in [-0.3, -0.25) is 4.79 Å². The Labute approximate surface area is 135 Å². The van der Waals surface area contributed by atoms with Crippen LogP contribution >= 0.6 is 15.9 Å². The molecule has 3 rings (SSSR count). The molecule has 0 bridgehead atoms. The lowest BCUT2D eigenvalue weighted by Gasteiger charge is -2.06. The van der Waals surface area contributed by atoms with Crippen LogP contribution in [-0.2, 0) is 13.1 Å². The van der Waals surface area contributed by atoms with Crippen molar-refractivity contribution in [2.75, 3.05) is 0 Å². The SMILES string of the molecule is O=C(NCc1cccc(Cn2cncn2)c1)c1ccc(Br)o1. The molecule has 0 fully saturated rings. The Balaban J connectivity index is 1.62. The van der Waals surface area contributed by atoms with Gasteiger partial charge in [-0.2, -0.15) is 5.10 Å². The first-order chi connectivity index (χ1) is 10.7. The summed E-state index contributed by atoms with van der Waals surface area (Å²) in [6.45, 7) is 1.08. The molecule has 0 atom stereocenters. The number of aromatic nitrogens is 3. The second kappa shape index (κ2) is 6.57. The molecule has 6 nitrogen and oxygen atoms in total. The number of rotatable bonds is 5. The van der Waals surface area contributed by atoms with E-state index in [2.05, 4.69) is 31.3 Å². The lowest BCUT2D eigenvalue weighted by molar-refractivity contribution is 0.0922. The fourth-order valence-corrected chi connectivity index (χ4v) is 2.35. The van der Waals surface area contributed by atoms with Crippen LogP contribution in [0.3, 0.4) is 0 Å². The van der Waals surface area contributed by atoms with E-state index in [9.17, 15) is 4.79 Å². The van der Waals surface area contributed by atoms with E-state index < -0.39 is 0 Å². The summed E-state index contributed by atoms with van der Waals surface area (Å²) in [7, 11) is 0. The van der Waals surface area contributed by atoms with E-state index in [-0.39, 0.29) is 11.7 Å². The van der Waals surface area contributed by atoms with Crippen LogP contribution in [0.5, 0.6) is 0 Å². The first kappa shape index (κ1) is 14.5. The van der Waals surface area contributed by atoms with Crippen molar-refractivity contribution in [3.05, 3.63) is 70.6 Å². The Morgan fingerprint density at radius 2 is 2.14 bits per heavy atom. The van der Waals surface area contributed by atoms with Crippen LogP contribution in [0.4, 0.5) is 0 Å². The number of amides is 1. The maximum Gasteiger partial charge on any atom is 0.287 e. The molecule has 0 aliphatic rings. The van der Waals surface area contributed by atoms with Gasteiger partial charge in [0.15, 0.2) is 10.4 Å². The number of hydrogen-bond donors (Lipinski definition) is 1. The van der Waals surface area contributed by atoms with E-state index in [1.807, 2.05) is 24.3 Å². The van der Waals surface area contributed by atoms with Crippen molar-refractivity contribution in [2.24, 2.45) is 0 Å². The summed E-state index contributed by atoms with van der Waals surface area (Å²) < 4.78 is 7.50. The number of carbonyl (C=O) groups excluding carboxylic acids is 1. The number of nitrogens with one attached hydrogen (secondary N) is 1. The van der Waals surface area contributed by atoms with Crippen molar-refractivity contribution >= 4 is 21.8 Å². The van der Waals surface area contributed by atoms with Crippen LogP contribution in [0, 0.1) is 0 Å². The van der Waals surface area contributed by atoms with E-state index in [0.717, 1.165) is 11.1 Å². The molecule has 0 saturated heterocycles. The van der Waals surface area contributed by atoms with Crippen molar-refractivity contribution in [3.8, 4) is 0 Å². The maximum atomic E-state index is 11.9. The second-order valence-corrected chi connectivity index (χ2v) is 5.48. The second-order valence-electron chi connectivity index (χ2n) is 4.70. The van der Waals surface area contributed by atoms with Gasteiger partial charge in [0.2, 0.25) is 0 Å². The standard InChI is InChI=1S/C15H13BrN4O2/c16-14-5-4-13(22-14)15(21)18-7-11-2-1-3-12(6-11)8-20-10-17-9-19-20/h1-6,9-10H,7-8H2,(H,18,21). The van der Waals surface area contributed by atoms with Crippen LogP contribution in [0.15, 0.2) is 58.1 Å². The third-order valence-electron chi connectivity index (χ3n) is 3.05. The van der Waals surface area contributed by atoms with Gasteiger partial charge in [-0.15, -0.1) is 0 Å². The van der Waals surface area contributed by atoms with E-state index in [4.69, 9.17) is 4.42 Å².